The van der Waals surface area contributed by atoms with E-state index in [0.29, 0.717) is 18.1 Å². The van der Waals surface area contributed by atoms with E-state index in [1.165, 1.54) is 18.2 Å². The molecule has 1 heterocycles. The fraction of sp³-hybridized carbons (Fsp3) is 0.105. The molecule has 6 nitrogen and oxygen atoms in total. The lowest BCUT2D eigenvalue weighted by molar-refractivity contribution is 0.0945. The van der Waals surface area contributed by atoms with Gasteiger partial charge in [-0.3, -0.25) is 4.79 Å². The number of rotatable bonds is 6. The summed E-state index contributed by atoms with van der Waals surface area (Å²) in [5.41, 5.74) is 1.68. The first-order valence-corrected chi connectivity index (χ1v) is 8.40. The number of nitrogens with zero attached hydrogens (tertiary/aromatic N) is 2. The summed E-state index contributed by atoms with van der Waals surface area (Å²) in [6.45, 7) is 0.360. The van der Waals surface area contributed by atoms with Gasteiger partial charge in [0.15, 0.2) is 11.5 Å². The maximum atomic E-state index is 13.2. The van der Waals surface area contributed by atoms with E-state index in [4.69, 9.17) is 16.3 Å². The molecule has 0 spiro atoms. The van der Waals surface area contributed by atoms with Gasteiger partial charge in [0.1, 0.15) is 11.6 Å². The molecule has 0 saturated carbocycles. The molecule has 138 valence electrons. The Morgan fingerprint density at radius 1 is 1.11 bits per heavy atom. The minimum Gasteiger partial charge on any atom is -0.497 e. The molecule has 0 unspecified atom stereocenters. The van der Waals surface area contributed by atoms with Crippen molar-refractivity contribution < 1.29 is 13.9 Å². The van der Waals surface area contributed by atoms with Crippen molar-refractivity contribution in [1.29, 1.82) is 0 Å². The molecule has 3 rings (SSSR count). The molecule has 1 aromatic heterocycles. The monoisotopic (exact) mass is 386 g/mol. The number of nitrogens with one attached hydrogen (secondary N) is 2. The van der Waals surface area contributed by atoms with Crippen molar-refractivity contribution in [2.75, 3.05) is 12.4 Å². The van der Waals surface area contributed by atoms with Crippen molar-refractivity contribution in [3.8, 4) is 5.75 Å². The molecule has 27 heavy (non-hydrogen) atoms. The molecule has 0 bridgehead atoms. The normalized spacial score (nSPS) is 10.3. The average Bonchev–Trinajstić information content (AvgIpc) is 2.70. The highest BCUT2D eigenvalue weighted by Gasteiger charge is 2.09. The smallest absolute Gasteiger partial charge is 0.272 e. The predicted molar refractivity (Wildman–Crippen MR) is 101 cm³/mol. The topological polar surface area (TPSA) is 76.1 Å². The van der Waals surface area contributed by atoms with Gasteiger partial charge < -0.3 is 15.4 Å². The van der Waals surface area contributed by atoms with Crippen molar-refractivity contribution in [1.82, 2.24) is 15.5 Å². The van der Waals surface area contributed by atoms with Crippen molar-refractivity contribution in [2.24, 2.45) is 0 Å². The summed E-state index contributed by atoms with van der Waals surface area (Å²) >= 11 is 5.74. The minimum atomic E-state index is -0.503. The molecule has 0 fully saturated rings. The molecule has 0 atom stereocenters. The Kier molecular flexibility index (Phi) is 5.83. The van der Waals surface area contributed by atoms with Crippen LogP contribution >= 0.6 is 11.6 Å². The molecule has 0 radical (unpaired) electrons. The molecule has 0 saturated heterocycles. The number of anilines is 2. The summed E-state index contributed by atoms with van der Waals surface area (Å²) in [5, 5.41) is 13.6. The third-order valence-corrected chi connectivity index (χ3v) is 3.99. The lowest BCUT2D eigenvalue weighted by Crippen LogP contribution is -2.24. The van der Waals surface area contributed by atoms with E-state index in [1.807, 2.05) is 24.3 Å². The number of hydrogen-bond acceptors (Lipinski definition) is 5. The van der Waals surface area contributed by atoms with Gasteiger partial charge >= 0.3 is 0 Å². The highest BCUT2D eigenvalue weighted by Crippen LogP contribution is 2.21. The largest absolute Gasteiger partial charge is 0.497 e. The van der Waals surface area contributed by atoms with Gasteiger partial charge in [0.2, 0.25) is 0 Å². The first kappa shape index (κ1) is 18.6. The summed E-state index contributed by atoms with van der Waals surface area (Å²) in [4.78, 5) is 12.2. The first-order chi connectivity index (χ1) is 13.0. The van der Waals surface area contributed by atoms with Gasteiger partial charge in [-0.05, 0) is 48.0 Å². The first-order valence-electron chi connectivity index (χ1n) is 8.02. The van der Waals surface area contributed by atoms with Gasteiger partial charge in [-0.15, -0.1) is 10.2 Å². The van der Waals surface area contributed by atoms with Crippen LogP contribution in [0, 0.1) is 5.82 Å². The van der Waals surface area contributed by atoms with Gasteiger partial charge in [0.05, 0.1) is 12.1 Å². The molecule has 2 N–H and O–H groups in total. The van der Waals surface area contributed by atoms with Crippen molar-refractivity contribution >= 4 is 29.0 Å². The summed E-state index contributed by atoms with van der Waals surface area (Å²) in [5.74, 6) is 0.317. The maximum absolute atomic E-state index is 13.2. The van der Waals surface area contributed by atoms with Crippen molar-refractivity contribution in [3.05, 3.63) is 76.7 Å². The highest BCUT2D eigenvalue weighted by molar-refractivity contribution is 6.31. The van der Waals surface area contributed by atoms with Gasteiger partial charge in [-0.2, -0.15) is 0 Å². The van der Waals surface area contributed by atoms with E-state index in [1.54, 1.807) is 19.2 Å². The molecule has 1 amide bonds. The number of halogens is 2. The van der Waals surface area contributed by atoms with Gasteiger partial charge in [0.25, 0.3) is 5.91 Å². The van der Waals surface area contributed by atoms with Crippen LogP contribution < -0.4 is 15.4 Å². The van der Waals surface area contributed by atoms with E-state index in [0.717, 1.165) is 11.3 Å². The zero-order chi connectivity index (χ0) is 19.2. The second kappa shape index (κ2) is 8.46. The van der Waals surface area contributed by atoms with Crippen LogP contribution in [0.1, 0.15) is 16.1 Å². The SMILES string of the molecule is COc1ccc(CNC(=O)c2ccc(Nc3ccc(F)c(Cl)c3)nn2)cc1. The standard InChI is InChI=1S/C19H16ClFN4O2/c1-27-14-5-2-12(3-6-14)11-22-19(26)17-8-9-18(25-24-17)23-13-4-7-16(21)15(20)10-13/h2-10H,11H2,1H3,(H,22,26)(H,23,25). The van der Waals surface area contributed by atoms with Gasteiger partial charge in [0, 0.05) is 12.2 Å². The minimum absolute atomic E-state index is 0.00230. The molecule has 0 aliphatic carbocycles. The van der Waals surface area contributed by atoms with Crippen LogP contribution in [0.15, 0.2) is 54.6 Å². The van der Waals surface area contributed by atoms with E-state index in [9.17, 15) is 9.18 Å². The molecular formula is C19H16ClFN4O2. The number of carbonyl (C=O) groups excluding carboxylic acids is 1. The Hall–Kier alpha value is -3.19. The number of ether oxygens (including phenoxy) is 1. The van der Waals surface area contributed by atoms with Crippen molar-refractivity contribution in [3.63, 3.8) is 0 Å². The van der Waals surface area contributed by atoms with Crippen LogP contribution in [-0.4, -0.2) is 23.2 Å². The maximum Gasteiger partial charge on any atom is 0.272 e. The van der Waals surface area contributed by atoms with E-state index in [2.05, 4.69) is 20.8 Å². The second-order valence-electron chi connectivity index (χ2n) is 5.59. The third kappa shape index (κ3) is 4.92. The number of benzene rings is 2. The number of hydrogen-bond donors (Lipinski definition) is 2. The van der Waals surface area contributed by atoms with Gasteiger partial charge in [-0.1, -0.05) is 23.7 Å². The number of amides is 1. The highest BCUT2D eigenvalue weighted by atomic mass is 35.5. The number of aromatic nitrogens is 2. The molecule has 3 aromatic rings. The fourth-order valence-electron chi connectivity index (χ4n) is 2.26. The Balaban J connectivity index is 1.58. The Labute approximate surface area is 160 Å². The van der Waals surface area contributed by atoms with Crippen LogP contribution in [0.4, 0.5) is 15.9 Å². The van der Waals surface area contributed by atoms with E-state index in [-0.39, 0.29) is 16.6 Å². The summed E-state index contributed by atoms with van der Waals surface area (Å²) in [6, 6.07) is 14.7. The lowest BCUT2D eigenvalue weighted by atomic mass is 10.2. The van der Waals surface area contributed by atoms with Crippen LogP contribution in [0.25, 0.3) is 0 Å². The quantitative estimate of drug-likeness (QED) is 0.670. The molecular weight excluding hydrogens is 371 g/mol. The number of methoxy groups -OCH3 is 1. The third-order valence-electron chi connectivity index (χ3n) is 3.70. The second-order valence-corrected chi connectivity index (χ2v) is 6.00. The van der Waals surface area contributed by atoms with E-state index < -0.39 is 5.82 Å². The molecule has 0 aliphatic heterocycles. The summed E-state index contributed by atoms with van der Waals surface area (Å²) in [6.07, 6.45) is 0. The Bertz CT molecular complexity index is 933. The summed E-state index contributed by atoms with van der Waals surface area (Å²) in [7, 11) is 1.60. The van der Waals surface area contributed by atoms with E-state index >= 15 is 0 Å². The number of carbonyl (C=O) groups is 1. The Morgan fingerprint density at radius 3 is 2.52 bits per heavy atom. The lowest BCUT2D eigenvalue weighted by Gasteiger charge is -2.07. The molecule has 0 aliphatic rings. The van der Waals surface area contributed by atoms with Gasteiger partial charge in [-0.25, -0.2) is 4.39 Å². The zero-order valence-electron chi connectivity index (χ0n) is 14.4. The summed E-state index contributed by atoms with van der Waals surface area (Å²) < 4.78 is 18.3. The average molecular weight is 387 g/mol. The van der Waals surface area contributed by atoms with Crippen LogP contribution in [0.5, 0.6) is 5.75 Å². The fourth-order valence-corrected chi connectivity index (χ4v) is 2.44. The van der Waals surface area contributed by atoms with Crippen LogP contribution in [-0.2, 0) is 6.54 Å². The molecule has 2 aromatic carbocycles. The molecule has 8 heteroatoms. The van der Waals surface area contributed by atoms with Crippen LogP contribution in [0.2, 0.25) is 5.02 Å². The Morgan fingerprint density at radius 2 is 1.89 bits per heavy atom. The zero-order valence-corrected chi connectivity index (χ0v) is 15.1. The van der Waals surface area contributed by atoms with Crippen LogP contribution in [0.3, 0.4) is 0 Å². The predicted octanol–water partition coefficient (Wildman–Crippen LogP) is 3.95. The van der Waals surface area contributed by atoms with Crippen molar-refractivity contribution in [2.45, 2.75) is 6.54 Å².